The molecule has 0 aliphatic rings. The van der Waals surface area contributed by atoms with Crippen LogP contribution in [0.4, 0.5) is 0 Å². The second-order valence-electron chi connectivity index (χ2n) is 4.89. The highest BCUT2D eigenvalue weighted by atomic mass is 16.1. The van der Waals surface area contributed by atoms with E-state index in [1.54, 1.807) is 0 Å². The van der Waals surface area contributed by atoms with Gasteiger partial charge in [0.25, 0.3) is 0 Å². The van der Waals surface area contributed by atoms with Crippen molar-refractivity contribution < 1.29 is 4.79 Å². The summed E-state index contributed by atoms with van der Waals surface area (Å²) in [5.74, 6) is 0.627. The Morgan fingerprint density at radius 2 is 1.94 bits per heavy atom. The first kappa shape index (κ1) is 14.7. The van der Waals surface area contributed by atoms with Gasteiger partial charge in [0.05, 0.1) is 0 Å². The van der Waals surface area contributed by atoms with Gasteiger partial charge in [0.15, 0.2) is 0 Å². The summed E-state index contributed by atoms with van der Waals surface area (Å²) in [5, 5.41) is 2.86. The van der Waals surface area contributed by atoms with Crippen LogP contribution >= 0.6 is 0 Å². The molecule has 1 aromatic carbocycles. The molecular weight excluding hydrogens is 224 g/mol. The summed E-state index contributed by atoms with van der Waals surface area (Å²) in [6.45, 7) is 5.54. The molecule has 0 fully saturated rings. The van der Waals surface area contributed by atoms with Gasteiger partial charge in [-0.15, -0.1) is 0 Å². The van der Waals surface area contributed by atoms with Crippen LogP contribution in [0.1, 0.15) is 43.7 Å². The maximum absolute atomic E-state index is 11.2. The smallest absolute Gasteiger partial charge is 0.221 e. The van der Waals surface area contributed by atoms with Crippen molar-refractivity contribution in [2.75, 3.05) is 13.1 Å². The Labute approximate surface area is 110 Å². The summed E-state index contributed by atoms with van der Waals surface area (Å²) in [6, 6.07) is 8.73. The predicted octanol–water partition coefficient (Wildman–Crippen LogP) is 2.21. The van der Waals surface area contributed by atoms with Gasteiger partial charge >= 0.3 is 0 Å². The number of rotatable bonds is 7. The number of aryl methyl sites for hydroxylation is 1. The van der Waals surface area contributed by atoms with E-state index in [9.17, 15) is 4.79 Å². The molecule has 100 valence electrons. The molecule has 3 nitrogen and oxygen atoms in total. The fraction of sp³-hybridized carbons (Fsp3) is 0.533. The standard InChI is InChI=1S/C15H24N2O/c1-12(2)14-7-5-13(6-8-14)4-3-11-17-15(18)9-10-16/h5-8,12H,3-4,9-11,16H2,1-2H3,(H,17,18). The van der Waals surface area contributed by atoms with Gasteiger partial charge < -0.3 is 11.1 Å². The molecule has 0 saturated heterocycles. The zero-order chi connectivity index (χ0) is 13.4. The SMILES string of the molecule is CC(C)c1ccc(CCCNC(=O)CCN)cc1. The molecule has 18 heavy (non-hydrogen) atoms. The van der Waals surface area contributed by atoms with Gasteiger partial charge in [-0.05, 0) is 29.9 Å². The molecule has 0 radical (unpaired) electrons. The summed E-state index contributed by atoms with van der Waals surface area (Å²) in [5.41, 5.74) is 8.00. The summed E-state index contributed by atoms with van der Waals surface area (Å²) in [6.07, 6.45) is 2.39. The zero-order valence-corrected chi connectivity index (χ0v) is 11.4. The lowest BCUT2D eigenvalue weighted by molar-refractivity contribution is -0.120. The van der Waals surface area contributed by atoms with Gasteiger partial charge in [-0.1, -0.05) is 38.1 Å². The number of nitrogens with two attached hydrogens (primary N) is 1. The van der Waals surface area contributed by atoms with E-state index in [4.69, 9.17) is 5.73 Å². The quantitative estimate of drug-likeness (QED) is 0.727. The lowest BCUT2D eigenvalue weighted by Crippen LogP contribution is -2.26. The van der Waals surface area contributed by atoms with Crippen LogP contribution in [0, 0.1) is 0 Å². The molecular formula is C15H24N2O. The van der Waals surface area contributed by atoms with Gasteiger partial charge in [0.2, 0.25) is 5.91 Å². The lowest BCUT2D eigenvalue weighted by Gasteiger charge is -2.07. The molecule has 1 rings (SSSR count). The Bertz CT molecular complexity index is 357. The molecule has 0 unspecified atom stereocenters. The van der Waals surface area contributed by atoms with E-state index in [-0.39, 0.29) is 5.91 Å². The van der Waals surface area contributed by atoms with E-state index >= 15 is 0 Å². The number of carbonyl (C=O) groups is 1. The van der Waals surface area contributed by atoms with Crippen molar-refractivity contribution >= 4 is 5.91 Å². The van der Waals surface area contributed by atoms with Crippen molar-refractivity contribution in [3.05, 3.63) is 35.4 Å². The van der Waals surface area contributed by atoms with Crippen molar-refractivity contribution in [1.82, 2.24) is 5.32 Å². The Morgan fingerprint density at radius 1 is 1.28 bits per heavy atom. The molecule has 0 bridgehead atoms. The molecule has 3 N–H and O–H groups in total. The Kier molecular flexibility index (Phi) is 6.44. The molecule has 0 aliphatic carbocycles. The van der Waals surface area contributed by atoms with Crippen LogP contribution in [-0.4, -0.2) is 19.0 Å². The fourth-order valence-corrected chi connectivity index (χ4v) is 1.81. The van der Waals surface area contributed by atoms with Crippen molar-refractivity contribution in [1.29, 1.82) is 0 Å². The van der Waals surface area contributed by atoms with E-state index in [1.165, 1.54) is 11.1 Å². The Hall–Kier alpha value is -1.35. The minimum absolute atomic E-state index is 0.0488. The van der Waals surface area contributed by atoms with E-state index < -0.39 is 0 Å². The predicted molar refractivity (Wildman–Crippen MR) is 75.5 cm³/mol. The largest absolute Gasteiger partial charge is 0.356 e. The molecule has 0 heterocycles. The Morgan fingerprint density at radius 3 is 2.50 bits per heavy atom. The summed E-state index contributed by atoms with van der Waals surface area (Å²) in [4.78, 5) is 11.2. The van der Waals surface area contributed by atoms with Crippen molar-refractivity contribution in [2.45, 2.75) is 39.0 Å². The number of hydrogen-bond donors (Lipinski definition) is 2. The third-order valence-corrected chi connectivity index (χ3v) is 2.98. The first-order valence-corrected chi connectivity index (χ1v) is 6.69. The average Bonchev–Trinajstić information content (AvgIpc) is 2.35. The maximum Gasteiger partial charge on any atom is 0.221 e. The highest BCUT2D eigenvalue weighted by molar-refractivity contribution is 5.75. The van der Waals surface area contributed by atoms with E-state index in [1.807, 2.05) is 0 Å². The highest BCUT2D eigenvalue weighted by Crippen LogP contribution is 2.15. The molecule has 3 heteroatoms. The van der Waals surface area contributed by atoms with Gasteiger partial charge in [-0.2, -0.15) is 0 Å². The highest BCUT2D eigenvalue weighted by Gasteiger charge is 2.00. The van der Waals surface area contributed by atoms with Crippen LogP contribution < -0.4 is 11.1 Å². The van der Waals surface area contributed by atoms with Crippen LogP contribution in [0.25, 0.3) is 0 Å². The summed E-state index contributed by atoms with van der Waals surface area (Å²) >= 11 is 0. The van der Waals surface area contributed by atoms with Gasteiger partial charge in [0.1, 0.15) is 0 Å². The van der Waals surface area contributed by atoms with Gasteiger partial charge in [-0.3, -0.25) is 4.79 Å². The summed E-state index contributed by atoms with van der Waals surface area (Å²) < 4.78 is 0. The van der Waals surface area contributed by atoms with Gasteiger partial charge in [0, 0.05) is 19.5 Å². The molecule has 1 aromatic rings. The van der Waals surface area contributed by atoms with Crippen LogP contribution in [0.15, 0.2) is 24.3 Å². The number of amides is 1. The van der Waals surface area contributed by atoms with Crippen molar-refractivity contribution in [3.8, 4) is 0 Å². The summed E-state index contributed by atoms with van der Waals surface area (Å²) in [7, 11) is 0. The minimum atomic E-state index is 0.0488. The molecule has 0 aliphatic heterocycles. The van der Waals surface area contributed by atoms with E-state index in [0.717, 1.165) is 19.4 Å². The molecule has 0 saturated carbocycles. The van der Waals surface area contributed by atoms with Crippen LogP contribution in [0.3, 0.4) is 0 Å². The monoisotopic (exact) mass is 248 g/mol. The van der Waals surface area contributed by atoms with Crippen LogP contribution in [0.5, 0.6) is 0 Å². The first-order chi connectivity index (χ1) is 8.63. The van der Waals surface area contributed by atoms with Crippen molar-refractivity contribution in [3.63, 3.8) is 0 Å². The maximum atomic E-state index is 11.2. The zero-order valence-electron chi connectivity index (χ0n) is 11.4. The molecule has 1 amide bonds. The second kappa shape index (κ2) is 7.88. The molecule has 0 spiro atoms. The van der Waals surface area contributed by atoms with Crippen LogP contribution in [0.2, 0.25) is 0 Å². The van der Waals surface area contributed by atoms with Gasteiger partial charge in [-0.25, -0.2) is 0 Å². The normalized spacial score (nSPS) is 10.7. The third-order valence-electron chi connectivity index (χ3n) is 2.98. The lowest BCUT2D eigenvalue weighted by atomic mass is 10.0. The molecule has 0 atom stereocenters. The fourth-order valence-electron chi connectivity index (χ4n) is 1.81. The average molecular weight is 248 g/mol. The van der Waals surface area contributed by atoms with E-state index in [2.05, 4.69) is 43.4 Å². The number of hydrogen-bond acceptors (Lipinski definition) is 2. The Balaban J connectivity index is 2.25. The second-order valence-corrected chi connectivity index (χ2v) is 4.89. The van der Waals surface area contributed by atoms with E-state index in [0.29, 0.717) is 18.9 Å². The first-order valence-electron chi connectivity index (χ1n) is 6.69. The number of benzene rings is 1. The topological polar surface area (TPSA) is 55.1 Å². The number of nitrogens with one attached hydrogen (secondary N) is 1. The third kappa shape index (κ3) is 5.32. The van der Waals surface area contributed by atoms with Crippen LogP contribution in [-0.2, 0) is 11.2 Å². The molecule has 0 aromatic heterocycles. The number of carbonyl (C=O) groups excluding carboxylic acids is 1. The minimum Gasteiger partial charge on any atom is -0.356 e. The van der Waals surface area contributed by atoms with Crippen molar-refractivity contribution in [2.24, 2.45) is 5.73 Å².